The van der Waals surface area contributed by atoms with Crippen molar-refractivity contribution in [3.8, 4) is 0 Å². The summed E-state index contributed by atoms with van der Waals surface area (Å²) in [7, 11) is 5.67. The van der Waals surface area contributed by atoms with Crippen molar-refractivity contribution in [1.29, 1.82) is 0 Å². The Morgan fingerprint density at radius 2 is 1.82 bits per heavy atom. The fourth-order valence-electron chi connectivity index (χ4n) is 2.69. The summed E-state index contributed by atoms with van der Waals surface area (Å²) in [6.07, 6.45) is 6.25. The van der Waals surface area contributed by atoms with E-state index in [1.54, 1.807) is 4.90 Å². The van der Waals surface area contributed by atoms with E-state index in [4.69, 9.17) is 5.73 Å². The van der Waals surface area contributed by atoms with E-state index < -0.39 is 0 Å². The van der Waals surface area contributed by atoms with Gasteiger partial charge in [0.2, 0.25) is 5.91 Å². The van der Waals surface area contributed by atoms with E-state index in [1.165, 1.54) is 32.1 Å². The largest absolute Gasteiger partial charge is 0.348 e. The summed E-state index contributed by atoms with van der Waals surface area (Å²) < 4.78 is 0. The van der Waals surface area contributed by atoms with E-state index in [1.807, 2.05) is 14.1 Å². The summed E-state index contributed by atoms with van der Waals surface area (Å²) in [6.45, 7) is 1.25. The molecule has 4 nitrogen and oxygen atoms in total. The van der Waals surface area contributed by atoms with E-state index in [0.717, 1.165) is 6.54 Å². The van der Waals surface area contributed by atoms with Gasteiger partial charge in [-0.25, -0.2) is 0 Å². The molecule has 0 saturated heterocycles. The second-order valence-electron chi connectivity index (χ2n) is 5.40. The Morgan fingerprint density at radius 1 is 1.18 bits per heavy atom. The minimum absolute atomic E-state index is 0.174. The van der Waals surface area contributed by atoms with Gasteiger partial charge in [-0.15, -0.1) is 0 Å². The first-order valence-corrected chi connectivity index (χ1v) is 6.66. The summed E-state index contributed by atoms with van der Waals surface area (Å²) in [6, 6.07) is 0.478. The molecule has 0 heterocycles. The van der Waals surface area contributed by atoms with E-state index in [2.05, 4.69) is 11.9 Å². The summed E-state index contributed by atoms with van der Waals surface area (Å²) in [5, 5.41) is 0. The first kappa shape index (κ1) is 14.5. The second-order valence-corrected chi connectivity index (χ2v) is 5.40. The zero-order valence-corrected chi connectivity index (χ0v) is 11.5. The van der Waals surface area contributed by atoms with Crippen LogP contribution in [-0.4, -0.2) is 56.0 Å². The van der Waals surface area contributed by atoms with Crippen molar-refractivity contribution in [2.45, 2.75) is 38.1 Å². The Morgan fingerprint density at radius 3 is 2.41 bits per heavy atom. The molecule has 1 saturated carbocycles. The molecule has 1 aliphatic rings. The maximum absolute atomic E-state index is 11.7. The van der Waals surface area contributed by atoms with Crippen LogP contribution in [-0.2, 0) is 4.79 Å². The normalized spacial score (nSPS) is 25.7. The first-order chi connectivity index (χ1) is 8.06. The molecular formula is C13H27N3O. The Kier molecular flexibility index (Phi) is 5.92. The lowest BCUT2D eigenvalue weighted by Crippen LogP contribution is -2.45. The van der Waals surface area contributed by atoms with Crippen molar-refractivity contribution < 1.29 is 4.79 Å². The molecule has 0 aromatic carbocycles. The van der Waals surface area contributed by atoms with Crippen molar-refractivity contribution in [1.82, 2.24) is 9.80 Å². The van der Waals surface area contributed by atoms with Gasteiger partial charge in [0.05, 0.1) is 6.54 Å². The van der Waals surface area contributed by atoms with E-state index in [0.29, 0.717) is 18.5 Å². The molecule has 0 aromatic heterocycles. The van der Waals surface area contributed by atoms with Crippen LogP contribution in [0.1, 0.15) is 32.1 Å². The van der Waals surface area contributed by atoms with Crippen molar-refractivity contribution in [3.63, 3.8) is 0 Å². The monoisotopic (exact) mass is 241 g/mol. The Bertz CT molecular complexity index is 243. The lowest BCUT2D eigenvalue weighted by molar-refractivity contribution is -0.130. The van der Waals surface area contributed by atoms with Crippen LogP contribution in [0, 0.1) is 5.92 Å². The smallest absolute Gasteiger partial charge is 0.236 e. The maximum atomic E-state index is 11.7. The molecule has 2 N–H and O–H groups in total. The first-order valence-electron chi connectivity index (χ1n) is 6.66. The summed E-state index contributed by atoms with van der Waals surface area (Å²) in [4.78, 5) is 15.6. The van der Waals surface area contributed by atoms with Crippen LogP contribution in [0.25, 0.3) is 0 Å². The SMILES string of the molecule is CN(C)C(=O)CN(C)C1CCCCCC1CN. The molecule has 0 bridgehead atoms. The van der Waals surface area contributed by atoms with Gasteiger partial charge in [-0.2, -0.15) is 0 Å². The highest BCUT2D eigenvalue weighted by Gasteiger charge is 2.27. The number of amides is 1. The standard InChI is InChI=1S/C13H27N3O/c1-15(2)13(17)10-16(3)12-8-6-4-5-7-11(12)9-14/h11-12H,4-10,14H2,1-3H3. The molecule has 2 unspecified atom stereocenters. The van der Waals surface area contributed by atoms with Gasteiger partial charge in [-0.05, 0) is 32.4 Å². The number of carbonyl (C=O) groups is 1. The number of carbonyl (C=O) groups excluding carboxylic acids is 1. The van der Waals surface area contributed by atoms with Gasteiger partial charge in [0.25, 0.3) is 0 Å². The van der Waals surface area contributed by atoms with E-state index >= 15 is 0 Å². The van der Waals surface area contributed by atoms with Gasteiger partial charge < -0.3 is 10.6 Å². The molecule has 0 aliphatic heterocycles. The molecule has 0 spiro atoms. The van der Waals surface area contributed by atoms with Crippen molar-refractivity contribution in [2.24, 2.45) is 11.7 Å². The van der Waals surface area contributed by atoms with Crippen LogP contribution in [0.3, 0.4) is 0 Å². The Balaban J connectivity index is 2.57. The van der Waals surface area contributed by atoms with Crippen LogP contribution in [0.5, 0.6) is 0 Å². The minimum atomic E-state index is 0.174. The van der Waals surface area contributed by atoms with Crippen LogP contribution >= 0.6 is 0 Å². The lowest BCUT2D eigenvalue weighted by atomic mass is 9.94. The molecule has 1 fully saturated rings. The molecule has 2 atom stereocenters. The molecule has 0 aromatic rings. The predicted molar refractivity (Wildman–Crippen MR) is 70.7 cm³/mol. The lowest BCUT2D eigenvalue weighted by Gasteiger charge is -2.33. The number of hydrogen-bond acceptors (Lipinski definition) is 3. The van der Waals surface area contributed by atoms with Crippen molar-refractivity contribution in [2.75, 3.05) is 34.2 Å². The second kappa shape index (κ2) is 6.97. The van der Waals surface area contributed by atoms with Crippen LogP contribution in [0.4, 0.5) is 0 Å². The van der Waals surface area contributed by atoms with Gasteiger partial charge >= 0.3 is 0 Å². The molecule has 1 amide bonds. The van der Waals surface area contributed by atoms with E-state index in [-0.39, 0.29) is 5.91 Å². The zero-order valence-electron chi connectivity index (χ0n) is 11.5. The van der Waals surface area contributed by atoms with Crippen LogP contribution in [0.2, 0.25) is 0 Å². The number of nitrogens with zero attached hydrogens (tertiary/aromatic N) is 2. The number of likely N-dealkylation sites (N-methyl/N-ethyl adjacent to an activating group) is 2. The number of nitrogens with two attached hydrogens (primary N) is 1. The van der Waals surface area contributed by atoms with Crippen LogP contribution < -0.4 is 5.73 Å². The molecule has 1 aliphatic carbocycles. The van der Waals surface area contributed by atoms with Gasteiger partial charge in [0.15, 0.2) is 0 Å². The highest BCUT2D eigenvalue weighted by atomic mass is 16.2. The number of rotatable bonds is 4. The maximum Gasteiger partial charge on any atom is 0.236 e. The summed E-state index contributed by atoms with van der Waals surface area (Å²) >= 11 is 0. The highest BCUT2D eigenvalue weighted by Crippen LogP contribution is 2.26. The molecule has 1 rings (SSSR count). The average molecular weight is 241 g/mol. The highest BCUT2D eigenvalue weighted by molar-refractivity contribution is 5.77. The fourth-order valence-corrected chi connectivity index (χ4v) is 2.69. The molecule has 0 radical (unpaired) electrons. The molecule has 4 heteroatoms. The van der Waals surface area contributed by atoms with Crippen molar-refractivity contribution in [3.05, 3.63) is 0 Å². The fraction of sp³-hybridized carbons (Fsp3) is 0.923. The molecule has 17 heavy (non-hydrogen) atoms. The van der Waals surface area contributed by atoms with Gasteiger partial charge in [0, 0.05) is 20.1 Å². The van der Waals surface area contributed by atoms with E-state index in [9.17, 15) is 4.79 Å². The Hall–Kier alpha value is -0.610. The third-order valence-corrected chi connectivity index (χ3v) is 3.87. The zero-order chi connectivity index (χ0) is 12.8. The Labute approximate surface area is 105 Å². The average Bonchev–Trinajstić information content (AvgIpc) is 2.53. The topological polar surface area (TPSA) is 49.6 Å². The summed E-state index contributed by atoms with van der Waals surface area (Å²) in [5.41, 5.74) is 5.87. The van der Waals surface area contributed by atoms with Gasteiger partial charge in [0.1, 0.15) is 0 Å². The van der Waals surface area contributed by atoms with Gasteiger partial charge in [-0.1, -0.05) is 19.3 Å². The third kappa shape index (κ3) is 4.28. The third-order valence-electron chi connectivity index (χ3n) is 3.87. The minimum Gasteiger partial charge on any atom is -0.348 e. The molecular weight excluding hydrogens is 214 g/mol. The summed E-state index contributed by atoms with van der Waals surface area (Å²) in [5.74, 6) is 0.727. The number of hydrogen-bond donors (Lipinski definition) is 1. The van der Waals surface area contributed by atoms with Gasteiger partial charge in [-0.3, -0.25) is 9.69 Å². The quantitative estimate of drug-likeness (QED) is 0.744. The van der Waals surface area contributed by atoms with Crippen molar-refractivity contribution >= 4 is 5.91 Å². The predicted octanol–water partition coefficient (Wildman–Crippen LogP) is 0.914. The van der Waals surface area contributed by atoms with Crippen LogP contribution in [0.15, 0.2) is 0 Å². The molecule has 100 valence electrons.